The van der Waals surface area contributed by atoms with Crippen molar-refractivity contribution in [1.29, 1.82) is 0 Å². The fourth-order valence-corrected chi connectivity index (χ4v) is 4.97. The van der Waals surface area contributed by atoms with Gasteiger partial charge in [0.1, 0.15) is 11.4 Å². The van der Waals surface area contributed by atoms with E-state index in [2.05, 4.69) is 6.92 Å². The Morgan fingerprint density at radius 1 is 0.947 bits per heavy atom. The molecule has 0 spiro atoms. The molecule has 0 radical (unpaired) electrons. The maximum atomic E-state index is 14.1. The Kier molecular flexibility index (Phi) is 7.45. The Labute approximate surface area is 220 Å². The Morgan fingerprint density at radius 2 is 1.76 bits per heavy atom. The van der Waals surface area contributed by atoms with Gasteiger partial charge in [0.2, 0.25) is 5.76 Å². The predicted molar refractivity (Wildman–Crippen MR) is 143 cm³/mol. The lowest BCUT2D eigenvalue weighted by Crippen LogP contribution is -2.29. The topological polar surface area (TPSA) is 69.0 Å². The molecule has 38 heavy (non-hydrogen) atoms. The van der Waals surface area contributed by atoms with Crippen LogP contribution in [0.3, 0.4) is 0 Å². The first-order valence-electron chi connectivity index (χ1n) is 12.9. The molecule has 4 aromatic rings. The lowest BCUT2D eigenvalue weighted by Gasteiger charge is -2.26. The smallest absolute Gasteiger partial charge is 0.291 e. The molecule has 5 rings (SSSR count). The second-order valence-corrected chi connectivity index (χ2v) is 9.46. The average molecular weight is 516 g/mol. The van der Waals surface area contributed by atoms with Crippen LogP contribution in [0.2, 0.25) is 0 Å². The highest BCUT2D eigenvalue weighted by molar-refractivity contribution is 5.99. The molecule has 0 aliphatic carbocycles. The quantitative estimate of drug-likeness (QED) is 0.221. The molecule has 1 aliphatic rings. The third kappa shape index (κ3) is 4.88. The van der Waals surface area contributed by atoms with Crippen LogP contribution in [0.25, 0.3) is 11.0 Å². The summed E-state index contributed by atoms with van der Waals surface area (Å²) < 4.78 is 31.6. The SMILES string of the molecule is CCCCCCOc1ccc(C2c3c(oc4ccc(F)cc4c3=O)C(=O)N2Cc2ccccc2)cc1OC. The van der Waals surface area contributed by atoms with Gasteiger partial charge in [-0.05, 0) is 47.9 Å². The molecule has 7 heteroatoms. The van der Waals surface area contributed by atoms with E-state index >= 15 is 0 Å². The molecule has 0 N–H and O–H groups in total. The van der Waals surface area contributed by atoms with Gasteiger partial charge in [0.05, 0.1) is 30.7 Å². The summed E-state index contributed by atoms with van der Waals surface area (Å²) in [6, 6.07) is 18.0. The van der Waals surface area contributed by atoms with Crippen molar-refractivity contribution in [2.45, 2.75) is 45.2 Å². The van der Waals surface area contributed by atoms with Gasteiger partial charge in [0.25, 0.3) is 5.91 Å². The first-order valence-corrected chi connectivity index (χ1v) is 12.9. The van der Waals surface area contributed by atoms with E-state index in [0.29, 0.717) is 23.7 Å². The van der Waals surface area contributed by atoms with Crippen molar-refractivity contribution in [3.05, 3.63) is 105 Å². The first kappa shape index (κ1) is 25.5. The fourth-order valence-electron chi connectivity index (χ4n) is 4.97. The van der Waals surface area contributed by atoms with Crippen molar-refractivity contribution in [2.24, 2.45) is 0 Å². The molecule has 1 unspecified atom stereocenters. The number of hydrogen-bond acceptors (Lipinski definition) is 5. The van der Waals surface area contributed by atoms with Gasteiger partial charge in [-0.1, -0.05) is 62.6 Å². The minimum atomic E-state index is -0.742. The summed E-state index contributed by atoms with van der Waals surface area (Å²) in [7, 11) is 1.56. The van der Waals surface area contributed by atoms with Crippen molar-refractivity contribution in [3.8, 4) is 11.5 Å². The average Bonchev–Trinajstić information content (AvgIpc) is 3.21. The normalized spacial score (nSPS) is 14.7. The van der Waals surface area contributed by atoms with Crippen molar-refractivity contribution >= 4 is 16.9 Å². The van der Waals surface area contributed by atoms with Gasteiger partial charge in [-0.2, -0.15) is 0 Å². The zero-order valence-electron chi connectivity index (χ0n) is 21.5. The summed E-state index contributed by atoms with van der Waals surface area (Å²) in [6.07, 6.45) is 4.34. The summed E-state index contributed by atoms with van der Waals surface area (Å²) in [5.74, 6) is 0.140. The maximum Gasteiger partial charge on any atom is 0.291 e. The minimum Gasteiger partial charge on any atom is -0.493 e. The van der Waals surface area contributed by atoms with Crippen molar-refractivity contribution < 1.29 is 23.1 Å². The van der Waals surface area contributed by atoms with Crippen LogP contribution in [0.15, 0.2) is 75.9 Å². The summed E-state index contributed by atoms with van der Waals surface area (Å²) in [5, 5.41) is 0.0992. The third-order valence-electron chi connectivity index (χ3n) is 6.88. The molecule has 6 nitrogen and oxygen atoms in total. The van der Waals surface area contributed by atoms with Gasteiger partial charge in [-0.3, -0.25) is 9.59 Å². The van der Waals surface area contributed by atoms with E-state index in [4.69, 9.17) is 13.9 Å². The fraction of sp³-hybridized carbons (Fsp3) is 0.290. The van der Waals surface area contributed by atoms with Crippen LogP contribution < -0.4 is 14.9 Å². The molecule has 1 amide bonds. The molecular formula is C31H30FNO5. The van der Waals surface area contributed by atoms with E-state index in [-0.39, 0.29) is 28.8 Å². The number of hydrogen-bond donors (Lipinski definition) is 0. The second-order valence-electron chi connectivity index (χ2n) is 9.46. The summed E-state index contributed by atoms with van der Waals surface area (Å²) in [6.45, 7) is 2.99. The van der Waals surface area contributed by atoms with Crippen LogP contribution in [0.4, 0.5) is 4.39 Å². The van der Waals surface area contributed by atoms with E-state index in [9.17, 15) is 14.0 Å². The Morgan fingerprint density at radius 3 is 2.53 bits per heavy atom. The van der Waals surface area contributed by atoms with E-state index in [1.54, 1.807) is 24.1 Å². The van der Waals surface area contributed by atoms with Gasteiger partial charge in [-0.25, -0.2) is 4.39 Å². The zero-order chi connectivity index (χ0) is 26.6. The summed E-state index contributed by atoms with van der Waals surface area (Å²) in [5.41, 5.74) is 1.52. The first-order chi connectivity index (χ1) is 18.5. The Bertz CT molecular complexity index is 1510. The van der Waals surface area contributed by atoms with Gasteiger partial charge in [0.15, 0.2) is 16.9 Å². The number of amides is 1. The summed E-state index contributed by atoms with van der Waals surface area (Å²) in [4.78, 5) is 29.0. The Hall–Kier alpha value is -4.13. The number of rotatable bonds is 10. The molecule has 2 heterocycles. The molecular weight excluding hydrogens is 485 g/mol. The molecule has 0 bridgehead atoms. The molecule has 1 aromatic heterocycles. The van der Waals surface area contributed by atoms with Gasteiger partial charge >= 0.3 is 0 Å². The van der Waals surface area contributed by atoms with Crippen molar-refractivity contribution in [3.63, 3.8) is 0 Å². The van der Waals surface area contributed by atoms with E-state index in [1.807, 2.05) is 36.4 Å². The highest BCUT2D eigenvalue weighted by atomic mass is 19.1. The highest BCUT2D eigenvalue weighted by Gasteiger charge is 2.43. The number of unbranched alkanes of at least 4 members (excludes halogenated alkanes) is 3. The van der Waals surface area contributed by atoms with E-state index in [0.717, 1.165) is 37.3 Å². The van der Waals surface area contributed by atoms with Crippen molar-refractivity contribution in [1.82, 2.24) is 4.90 Å². The number of methoxy groups -OCH3 is 1. The predicted octanol–water partition coefficient (Wildman–Crippen LogP) is 6.65. The molecule has 3 aromatic carbocycles. The van der Waals surface area contributed by atoms with Gasteiger partial charge in [0, 0.05) is 6.54 Å². The summed E-state index contributed by atoms with van der Waals surface area (Å²) >= 11 is 0. The molecule has 1 aliphatic heterocycles. The minimum absolute atomic E-state index is 0.0229. The van der Waals surface area contributed by atoms with E-state index in [1.165, 1.54) is 12.1 Å². The van der Waals surface area contributed by atoms with Gasteiger partial charge in [-0.15, -0.1) is 0 Å². The number of carbonyl (C=O) groups is 1. The third-order valence-corrected chi connectivity index (χ3v) is 6.88. The van der Waals surface area contributed by atoms with Crippen LogP contribution in [-0.2, 0) is 6.54 Å². The molecule has 1 atom stereocenters. The molecule has 0 saturated carbocycles. The second kappa shape index (κ2) is 11.1. The van der Waals surface area contributed by atoms with Crippen molar-refractivity contribution in [2.75, 3.05) is 13.7 Å². The number of nitrogens with zero attached hydrogens (tertiary/aromatic N) is 1. The number of fused-ring (bicyclic) bond motifs is 2. The van der Waals surface area contributed by atoms with Crippen LogP contribution >= 0.6 is 0 Å². The molecule has 0 fully saturated rings. The van der Waals surface area contributed by atoms with Gasteiger partial charge < -0.3 is 18.8 Å². The molecule has 0 saturated heterocycles. The lowest BCUT2D eigenvalue weighted by molar-refractivity contribution is 0.0714. The largest absolute Gasteiger partial charge is 0.493 e. The molecule has 196 valence electrons. The van der Waals surface area contributed by atoms with Crippen LogP contribution in [0, 0.1) is 5.82 Å². The number of benzene rings is 3. The lowest BCUT2D eigenvalue weighted by atomic mass is 9.97. The zero-order valence-corrected chi connectivity index (χ0v) is 21.5. The maximum absolute atomic E-state index is 14.1. The van der Waals surface area contributed by atoms with Crippen LogP contribution in [0.5, 0.6) is 11.5 Å². The van der Waals surface area contributed by atoms with E-state index < -0.39 is 23.2 Å². The highest BCUT2D eigenvalue weighted by Crippen LogP contribution is 2.41. The number of carbonyl (C=O) groups excluding carboxylic acids is 1. The Balaban J connectivity index is 1.58. The van der Waals surface area contributed by atoms with Crippen LogP contribution in [-0.4, -0.2) is 24.5 Å². The van der Waals surface area contributed by atoms with Crippen LogP contribution in [0.1, 0.15) is 65.9 Å². The monoisotopic (exact) mass is 515 g/mol. The standard InChI is InChI=1S/C31H30FNO5/c1-3-4-5-9-16-37-25-14-12-21(17-26(25)36-2)28-27-29(34)23-18-22(32)13-15-24(23)38-30(27)31(35)33(28)19-20-10-7-6-8-11-20/h6-8,10-15,17-18,28H,3-5,9,16,19H2,1-2H3. The number of ether oxygens (including phenoxy) is 2. The number of halogens is 1.